The molecule has 0 spiro atoms. The molecule has 1 aromatic heterocycles. The Kier molecular flexibility index (Phi) is 3.40. The van der Waals surface area contributed by atoms with Crippen molar-refractivity contribution in [1.29, 1.82) is 0 Å². The quantitative estimate of drug-likeness (QED) is 0.924. The average Bonchev–Trinajstić information content (AvgIpc) is 2.64. The normalized spacial score (nSPS) is 11.1. The zero-order valence-electron chi connectivity index (χ0n) is 9.48. The van der Waals surface area contributed by atoms with Crippen LogP contribution in [0.3, 0.4) is 0 Å². The minimum Gasteiger partial charge on any atom is -0.381 e. The highest BCUT2D eigenvalue weighted by atomic mass is 79.9. The molecule has 90 valence electrons. The topological polar surface area (TPSA) is 56.7 Å². The number of halogens is 2. The number of nitrogen functional groups attached to an aromatic ring is 1. The Morgan fingerprint density at radius 3 is 2.76 bits per heavy atom. The number of anilines is 1. The van der Waals surface area contributed by atoms with Gasteiger partial charge in [-0.1, -0.05) is 46.6 Å². The van der Waals surface area contributed by atoms with E-state index in [1.807, 2.05) is 32.0 Å². The second-order valence-corrected chi connectivity index (χ2v) is 5.35. The van der Waals surface area contributed by atoms with Gasteiger partial charge in [-0.25, -0.2) is 4.68 Å². The zero-order valence-corrected chi connectivity index (χ0v) is 11.8. The Labute approximate surface area is 113 Å². The SMILES string of the molecule is CC(C)c1c(N)nnn1-c1cc(Br)ccc1Cl. The van der Waals surface area contributed by atoms with E-state index < -0.39 is 0 Å². The Hall–Kier alpha value is -1.07. The van der Waals surface area contributed by atoms with Crippen LogP contribution in [0.2, 0.25) is 5.02 Å². The monoisotopic (exact) mass is 314 g/mol. The molecule has 0 aliphatic heterocycles. The smallest absolute Gasteiger partial charge is 0.169 e. The van der Waals surface area contributed by atoms with E-state index in [9.17, 15) is 0 Å². The van der Waals surface area contributed by atoms with Crippen molar-refractivity contribution in [3.05, 3.63) is 33.4 Å². The van der Waals surface area contributed by atoms with Crippen LogP contribution in [0.15, 0.2) is 22.7 Å². The second-order valence-electron chi connectivity index (χ2n) is 4.02. The van der Waals surface area contributed by atoms with E-state index in [0.717, 1.165) is 15.9 Å². The first kappa shape index (κ1) is 12.4. The summed E-state index contributed by atoms with van der Waals surface area (Å²) in [5.74, 6) is 0.663. The summed E-state index contributed by atoms with van der Waals surface area (Å²) in [6.45, 7) is 4.08. The minimum absolute atomic E-state index is 0.222. The van der Waals surface area contributed by atoms with Crippen molar-refractivity contribution in [2.75, 3.05) is 5.73 Å². The fourth-order valence-corrected chi connectivity index (χ4v) is 2.21. The van der Waals surface area contributed by atoms with Gasteiger partial charge in [-0.2, -0.15) is 0 Å². The van der Waals surface area contributed by atoms with E-state index in [1.54, 1.807) is 4.68 Å². The Bertz CT molecular complexity index is 550. The van der Waals surface area contributed by atoms with E-state index in [4.69, 9.17) is 17.3 Å². The van der Waals surface area contributed by atoms with E-state index >= 15 is 0 Å². The maximum absolute atomic E-state index is 6.17. The predicted molar refractivity (Wildman–Crippen MR) is 72.6 cm³/mol. The molecule has 0 unspecified atom stereocenters. The molecular weight excluding hydrogens is 304 g/mol. The summed E-state index contributed by atoms with van der Waals surface area (Å²) in [4.78, 5) is 0. The van der Waals surface area contributed by atoms with Gasteiger partial charge < -0.3 is 5.73 Å². The molecule has 0 aliphatic rings. The highest BCUT2D eigenvalue weighted by Gasteiger charge is 2.17. The van der Waals surface area contributed by atoms with Gasteiger partial charge in [0.1, 0.15) is 0 Å². The fraction of sp³-hybridized carbons (Fsp3) is 0.273. The zero-order chi connectivity index (χ0) is 12.6. The van der Waals surface area contributed by atoms with Crippen molar-refractivity contribution in [3.8, 4) is 5.69 Å². The van der Waals surface area contributed by atoms with Crippen molar-refractivity contribution in [3.63, 3.8) is 0 Å². The van der Waals surface area contributed by atoms with Gasteiger partial charge in [0.15, 0.2) is 5.82 Å². The number of benzene rings is 1. The summed E-state index contributed by atoms with van der Waals surface area (Å²) < 4.78 is 2.62. The molecule has 1 heterocycles. The van der Waals surface area contributed by atoms with Crippen molar-refractivity contribution >= 4 is 33.3 Å². The molecule has 2 rings (SSSR count). The molecule has 2 aromatic rings. The summed E-state index contributed by atoms with van der Waals surface area (Å²) in [5.41, 5.74) is 7.46. The van der Waals surface area contributed by atoms with Gasteiger partial charge >= 0.3 is 0 Å². The molecule has 2 N–H and O–H groups in total. The summed E-state index contributed by atoms with van der Waals surface area (Å²) >= 11 is 9.58. The number of hydrogen-bond donors (Lipinski definition) is 1. The van der Waals surface area contributed by atoms with Crippen LogP contribution in [0.4, 0.5) is 5.82 Å². The van der Waals surface area contributed by atoms with Crippen molar-refractivity contribution in [2.45, 2.75) is 19.8 Å². The highest BCUT2D eigenvalue weighted by molar-refractivity contribution is 9.10. The number of rotatable bonds is 2. The van der Waals surface area contributed by atoms with Gasteiger partial charge in [0.25, 0.3) is 0 Å². The van der Waals surface area contributed by atoms with Crippen LogP contribution in [-0.2, 0) is 0 Å². The summed E-state index contributed by atoms with van der Waals surface area (Å²) in [7, 11) is 0. The van der Waals surface area contributed by atoms with Crippen LogP contribution < -0.4 is 5.73 Å². The number of hydrogen-bond acceptors (Lipinski definition) is 3. The summed E-state index contributed by atoms with van der Waals surface area (Å²) in [6.07, 6.45) is 0. The standard InChI is InChI=1S/C11H12BrClN4/c1-6(2)10-11(14)15-16-17(10)9-5-7(12)3-4-8(9)13/h3-6H,14H2,1-2H3. The highest BCUT2D eigenvalue weighted by Crippen LogP contribution is 2.28. The van der Waals surface area contributed by atoms with Crippen molar-refractivity contribution in [2.24, 2.45) is 0 Å². The van der Waals surface area contributed by atoms with Gasteiger partial charge in [-0.05, 0) is 24.1 Å². The number of aromatic nitrogens is 3. The van der Waals surface area contributed by atoms with E-state index in [-0.39, 0.29) is 5.92 Å². The van der Waals surface area contributed by atoms with E-state index in [2.05, 4.69) is 26.2 Å². The first-order chi connectivity index (χ1) is 8.00. The maximum atomic E-state index is 6.17. The van der Waals surface area contributed by atoms with Crippen molar-refractivity contribution < 1.29 is 0 Å². The maximum Gasteiger partial charge on any atom is 0.169 e. The van der Waals surface area contributed by atoms with Crippen LogP contribution in [0, 0.1) is 0 Å². The molecule has 0 radical (unpaired) electrons. The second kappa shape index (κ2) is 4.66. The van der Waals surface area contributed by atoms with E-state index in [1.165, 1.54) is 0 Å². The van der Waals surface area contributed by atoms with Crippen LogP contribution >= 0.6 is 27.5 Å². The first-order valence-electron chi connectivity index (χ1n) is 5.17. The first-order valence-corrected chi connectivity index (χ1v) is 6.34. The minimum atomic E-state index is 0.222. The molecule has 17 heavy (non-hydrogen) atoms. The molecule has 1 aromatic carbocycles. The van der Waals surface area contributed by atoms with Crippen LogP contribution in [0.5, 0.6) is 0 Å². The summed E-state index contributed by atoms with van der Waals surface area (Å²) in [5, 5.41) is 8.56. The third kappa shape index (κ3) is 2.30. The molecule has 0 atom stereocenters. The van der Waals surface area contributed by atoms with E-state index in [0.29, 0.717) is 10.8 Å². The Balaban J connectivity index is 2.64. The lowest BCUT2D eigenvalue weighted by atomic mass is 10.1. The third-order valence-corrected chi connectivity index (χ3v) is 3.23. The lowest BCUT2D eigenvalue weighted by Gasteiger charge is -2.11. The number of nitrogens with zero attached hydrogens (tertiary/aromatic N) is 3. The van der Waals surface area contributed by atoms with Crippen LogP contribution in [0.1, 0.15) is 25.5 Å². The van der Waals surface area contributed by atoms with Gasteiger partial charge in [0.05, 0.1) is 16.4 Å². The molecule has 0 bridgehead atoms. The molecule has 6 heteroatoms. The Morgan fingerprint density at radius 1 is 1.41 bits per heavy atom. The molecule has 0 amide bonds. The van der Waals surface area contributed by atoms with Gasteiger partial charge in [0.2, 0.25) is 0 Å². The lowest BCUT2D eigenvalue weighted by Crippen LogP contribution is -2.06. The van der Waals surface area contributed by atoms with Crippen LogP contribution in [-0.4, -0.2) is 15.0 Å². The molecule has 0 saturated carbocycles. The molecule has 0 saturated heterocycles. The van der Waals surface area contributed by atoms with Gasteiger partial charge in [-0.3, -0.25) is 0 Å². The lowest BCUT2D eigenvalue weighted by molar-refractivity contribution is 0.716. The fourth-order valence-electron chi connectivity index (χ4n) is 1.67. The average molecular weight is 316 g/mol. The molecular formula is C11H12BrClN4. The predicted octanol–water partition coefficient (Wildman–Crippen LogP) is 3.39. The van der Waals surface area contributed by atoms with Crippen LogP contribution in [0.25, 0.3) is 5.69 Å². The van der Waals surface area contributed by atoms with Gasteiger partial charge in [0, 0.05) is 4.47 Å². The largest absolute Gasteiger partial charge is 0.381 e. The molecule has 0 fully saturated rings. The molecule has 0 aliphatic carbocycles. The molecule has 4 nitrogen and oxygen atoms in total. The Morgan fingerprint density at radius 2 is 2.12 bits per heavy atom. The number of nitrogens with two attached hydrogens (primary N) is 1. The van der Waals surface area contributed by atoms with Crippen molar-refractivity contribution in [1.82, 2.24) is 15.0 Å². The van der Waals surface area contributed by atoms with Gasteiger partial charge in [-0.15, -0.1) is 5.10 Å². The summed E-state index contributed by atoms with van der Waals surface area (Å²) in [6, 6.07) is 5.58. The third-order valence-electron chi connectivity index (χ3n) is 2.42.